The molecule has 5 heteroatoms. The van der Waals surface area contributed by atoms with Crippen LogP contribution < -0.4 is 5.73 Å². The van der Waals surface area contributed by atoms with Gasteiger partial charge in [0.1, 0.15) is 11.4 Å². The van der Waals surface area contributed by atoms with Crippen molar-refractivity contribution in [2.75, 3.05) is 0 Å². The first-order valence-electron chi connectivity index (χ1n) is 7.40. The summed E-state index contributed by atoms with van der Waals surface area (Å²) < 4.78 is 0. The van der Waals surface area contributed by atoms with Crippen LogP contribution in [0.4, 0.5) is 0 Å². The Morgan fingerprint density at radius 3 is 2.53 bits per heavy atom. The molecule has 0 amide bonds. The summed E-state index contributed by atoms with van der Waals surface area (Å²) in [6.07, 6.45) is 5.61. The second kappa shape index (κ2) is 4.90. The molecular weight excluding hydrogens is 264 g/mol. The number of alkyl halides is 1. The molecule has 1 heterocycles. The monoisotopic (exact) mass is 286 g/mol. The minimum Gasteiger partial charge on any atom is -0.393 e. The number of rotatable bonds is 1. The molecule has 3 aliphatic rings. The highest BCUT2D eigenvalue weighted by atomic mass is 35.5. The fraction of sp³-hybridized carbons (Fsp3) is 0.929. The van der Waals surface area contributed by atoms with Crippen molar-refractivity contribution in [1.29, 1.82) is 0 Å². The van der Waals surface area contributed by atoms with Crippen LogP contribution in [0.5, 0.6) is 0 Å². The average Bonchev–Trinajstić information content (AvgIpc) is 2.64. The Morgan fingerprint density at radius 2 is 1.84 bits per heavy atom. The van der Waals surface area contributed by atoms with Crippen molar-refractivity contribution < 1.29 is 10.2 Å². The summed E-state index contributed by atoms with van der Waals surface area (Å²) in [4.78, 5) is 4.52. The maximum atomic E-state index is 11.2. The molecule has 19 heavy (non-hydrogen) atoms. The minimum atomic E-state index is -0.988. The Balaban J connectivity index is 1.82. The van der Waals surface area contributed by atoms with E-state index in [0.29, 0.717) is 5.84 Å². The molecule has 2 saturated carbocycles. The molecule has 4 N–H and O–H groups in total. The Bertz CT molecular complexity index is 382. The first kappa shape index (κ1) is 13.7. The standard InChI is InChI=1S/C14H23ClN2O2/c15-9-3-6-12-11(7-9)14(19,13(16)17-12)8-1-4-10(18)5-2-8/h8-12,18-19H,1-7H2,(H2,16,17). The first-order valence-corrected chi connectivity index (χ1v) is 7.83. The van der Waals surface area contributed by atoms with Crippen LogP contribution in [0.3, 0.4) is 0 Å². The molecule has 0 aromatic carbocycles. The van der Waals surface area contributed by atoms with Gasteiger partial charge < -0.3 is 15.9 Å². The van der Waals surface area contributed by atoms with Crippen LogP contribution in [0.2, 0.25) is 0 Å². The van der Waals surface area contributed by atoms with Gasteiger partial charge in [0.05, 0.1) is 12.1 Å². The van der Waals surface area contributed by atoms with Gasteiger partial charge in [-0.3, -0.25) is 4.99 Å². The summed E-state index contributed by atoms with van der Waals surface area (Å²) in [5.74, 6) is 0.607. The van der Waals surface area contributed by atoms with Crippen molar-refractivity contribution in [3.05, 3.63) is 0 Å². The summed E-state index contributed by atoms with van der Waals surface area (Å²) in [7, 11) is 0. The van der Waals surface area contributed by atoms with Crippen LogP contribution in [0.15, 0.2) is 4.99 Å². The largest absolute Gasteiger partial charge is 0.393 e. The Morgan fingerprint density at radius 1 is 1.16 bits per heavy atom. The first-order chi connectivity index (χ1) is 9.01. The highest BCUT2D eigenvalue weighted by Gasteiger charge is 2.55. The van der Waals surface area contributed by atoms with E-state index >= 15 is 0 Å². The highest BCUT2D eigenvalue weighted by molar-refractivity contribution is 6.20. The number of fused-ring (bicyclic) bond motifs is 1. The van der Waals surface area contributed by atoms with E-state index in [-0.39, 0.29) is 29.4 Å². The molecule has 0 aromatic heterocycles. The zero-order valence-electron chi connectivity index (χ0n) is 11.1. The molecule has 0 saturated heterocycles. The van der Waals surface area contributed by atoms with Crippen molar-refractivity contribution in [3.8, 4) is 0 Å². The van der Waals surface area contributed by atoms with Crippen molar-refractivity contribution in [2.45, 2.75) is 68.1 Å². The van der Waals surface area contributed by atoms with Gasteiger partial charge in [0.15, 0.2) is 0 Å². The van der Waals surface area contributed by atoms with Gasteiger partial charge in [-0.15, -0.1) is 11.6 Å². The summed E-state index contributed by atoms with van der Waals surface area (Å²) in [6, 6.07) is 0.145. The lowest BCUT2D eigenvalue weighted by atomic mass is 9.66. The summed E-state index contributed by atoms with van der Waals surface area (Å²) >= 11 is 6.28. The smallest absolute Gasteiger partial charge is 0.129 e. The number of nitrogens with zero attached hydrogens (tertiary/aromatic N) is 1. The molecule has 3 rings (SSSR count). The maximum absolute atomic E-state index is 11.2. The van der Waals surface area contributed by atoms with E-state index in [1.54, 1.807) is 0 Å². The molecule has 1 aliphatic heterocycles. The molecule has 108 valence electrons. The number of aliphatic hydroxyl groups is 2. The molecule has 2 fully saturated rings. The van der Waals surface area contributed by atoms with E-state index in [1.165, 1.54) is 0 Å². The Labute approximate surface area is 119 Å². The number of hydrogen-bond donors (Lipinski definition) is 3. The molecule has 0 radical (unpaired) electrons. The van der Waals surface area contributed by atoms with E-state index in [0.717, 1.165) is 44.9 Å². The van der Waals surface area contributed by atoms with Gasteiger partial charge in [-0.05, 0) is 50.9 Å². The second-order valence-electron chi connectivity index (χ2n) is 6.43. The molecular formula is C14H23ClN2O2. The van der Waals surface area contributed by atoms with Crippen LogP contribution in [-0.4, -0.2) is 39.2 Å². The van der Waals surface area contributed by atoms with E-state index < -0.39 is 5.60 Å². The van der Waals surface area contributed by atoms with E-state index in [2.05, 4.69) is 4.99 Å². The predicted octanol–water partition coefficient (Wildman–Crippen LogP) is 1.42. The number of amidine groups is 1. The van der Waals surface area contributed by atoms with Crippen LogP contribution >= 0.6 is 11.6 Å². The number of halogens is 1. The van der Waals surface area contributed by atoms with Crippen LogP contribution in [0, 0.1) is 11.8 Å². The highest BCUT2D eigenvalue weighted by Crippen LogP contribution is 2.48. The molecule has 2 aliphatic carbocycles. The number of nitrogens with two attached hydrogens (primary N) is 1. The van der Waals surface area contributed by atoms with Crippen LogP contribution in [0.1, 0.15) is 44.9 Å². The van der Waals surface area contributed by atoms with Gasteiger partial charge in [-0.2, -0.15) is 0 Å². The minimum absolute atomic E-state index is 0.0731. The van der Waals surface area contributed by atoms with Gasteiger partial charge in [-0.1, -0.05) is 0 Å². The third-order valence-electron chi connectivity index (χ3n) is 5.35. The Kier molecular flexibility index (Phi) is 3.52. The van der Waals surface area contributed by atoms with Gasteiger partial charge >= 0.3 is 0 Å². The maximum Gasteiger partial charge on any atom is 0.129 e. The SMILES string of the molecule is NC1=NC2CCC(Cl)CC2C1(O)C1CCC(O)CC1. The normalized spacial score (nSPS) is 50.7. The third-order valence-corrected chi connectivity index (χ3v) is 5.75. The lowest BCUT2D eigenvalue weighted by molar-refractivity contribution is -0.0424. The molecule has 0 bridgehead atoms. The van der Waals surface area contributed by atoms with Crippen molar-refractivity contribution in [3.63, 3.8) is 0 Å². The molecule has 4 unspecified atom stereocenters. The lowest BCUT2D eigenvalue weighted by Gasteiger charge is -2.43. The van der Waals surface area contributed by atoms with E-state index in [4.69, 9.17) is 17.3 Å². The number of hydrogen-bond acceptors (Lipinski definition) is 4. The zero-order valence-corrected chi connectivity index (χ0v) is 11.9. The fourth-order valence-corrected chi connectivity index (χ4v) is 4.55. The zero-order chi connectivity index (χ0) is 13.6. The molecule has 4 nitrogen and oxygen atoms in total. The topological polar surface area (TPSA) is 78.8 Å². The van der Waals surface area contributed by atoms with Gasteiger partial charge in [0, 0.05) is 11.3 Å². The second-order valence-corrected chi connectivity index (χ2v) is 7.05. The summed E-state index contributed by atoms with van der Waals surface area (Å²) in [5.41, 5.74) is 5.09. The predicted molar refractivity (Wildman–Crippen MR) is 75.3 cm³/mol. The third kappa shape index (κ3) is 2.18. The van der Waals surface area contributed by atoms with E-state index in [1.807, 2.05) is 0 Å². The number of aliphatic hydroxyl groups excluding tert-OH is 1. The average molecular weight is 287 g/mol. The van der Waals surface area contributed by atoms with Crippen molar-refractivity contribution >= 4 is 17.4 Å². The molecule has 0 aromatic rings. The van der Waals surface area contributed by atoms with E-state index in [9.17, 15) is 10.2 Å². The molecule has 0 spiro atoms. The van der Waals surface area contributed by atoms with Crippen LogP contribution in [0.25, 0.3) is 0 Å². The van der Waals surface area contributed by atoms with Gasteiger partial charge in [0.25, 0.3) is 0 Å². The quantitative estimate of drug-likeness (QED) is 0.638. The van der Waals surface area contributed by atoms with Crippen LogP contribution in [-0.2, 0) is 0 Å². The Hall–Kier alpha value is -0.320. The van der Waals surface area contributed by atoms with Crippen molar-refractivity contribution in [1.82, 2.24) is 0 Å². The summed E-state index contributed by atoms with van der Waals surface area (Å²) in [5, 5.41) is 20.9. The lowest BCUT2D eigenvalue weighted by Crippen LogP contribution is -2.55. The van der Waals surface area contributed by atoms with Gasteiger partial charge in [-0.25, -0.2) is 0 Å². The summed E-state index contributed by atoms with van der Waals surface area (Å²) in [6.45, 7) is 0. The fourth-order valence-electron chi connectivity index (χ4n) is 4.23. The van der Waals surface area contributed by atoms with Gasteiger partial charge in [0.2, 0.25) is 0 Å². The molecule has 4 atom stereocenters. The van der Waals surface area contributed by atoms with Crippen molar-refractivity contribution in [2.24, 2.45) is 22.6 Å². The number of aliphatic imine (C=N–C) groups is 1.